The van der Waals surface area contributed by atoms with Crippen molar-refractivity contribution in [2.75, 3.05) is 19.8 Å². The van der Waals surface area contributed by atoms with Crippen LogP contribution in [0.3, 0.4) is 0 Å². The Morgan fingerprint density at radius 1 is 0.891 bits per heavy atom. The monoisotopic (exact) mass is 672 g/mol. The number of aliphatic carboxylic acids is 1. The van der Waals surface area contributed by atoms with Gasteiger partial charge < -0.3 is 85.4 Å². The molecule has 0 saturated carbocycles. The van der Waals surface area contributed by atoms with E-state index < -0.39 is 141 Å². The van der Waals surface area contributed by atoms with Crippen molar-refractivity contribution in [2.24, 2.45) is 0 Å². The lowest BCUT2D eigenvalue weighted by Gasteiger charge is -2.49. The van der Waals surface area contributed by atoms with Gasteiger partial charge in [0.2, 0.25) is 11.8 Å². The maximum absolute atomic E-state index is 12.5. The zero-order valence-corrected chi connectivity index (χ0v) is 25.2. The minimum Gasteiger partial charge on any atom is -0.477 e. The van der Waals surface area contributed by atoms with Crippen LogP contribution in [-0.4, -0.2) is 186 Å². The fraction of sp³-hybridized carbons (Fsp3) is 0.885. The predicted molar refractivity (Wildman–Crippen MR) is 145 cm³/mol. The highest BCUT2D eigenvalue weighted by Gasteiger charge is 2.57. The lowest BCUT2D eigenvalue weighted by Crippen LogP contribution is -2.69. The lowest BCUT2D eigenvalue weighted by atomic mass is 9.88. The summed E-state index contributed by atoms with van der Waals surface area (Å²) in [6, 6.07) is -2.58. The first-order chi connectivity index (χ1) is 21.5. The molecule has 3 heterocycles. The maximum atomic E-state index is 12.5. The molecule has 20 heteroatoms. The van der Waals surface area contributed by atoms with Crippen molar-refractivity contribution in [1.29, 1.82) is 0 Å². The summed E-state index contributed by atoms with van der Waals surface area (Å²) in [5.41, 5.74) is 0. The number of aliphatic hydroxyl groups is 9. The van der Waals surface area contributed by atoms with E-state index in [0.717, 1.165) is 13.8 Å². The highest BCUT2D eigenvalue weighted by atomic mass is 16.7. The number of amides is 2. The number of hydrogen-bond donors (Lipinski definition) is 12. The molecule has 3 fully saturated rings. The molecule has 3 aliphatic heterocycles. The van der Waals surface area contributed by atoms with Crippen molar-refractivity contribution >= 4 is 17.8 Å². The van der Waals surface area contributed by atoms with Crippen molar-refractivity contribution < 1.29 is 89.1 Å². The van der Waals surface area contributed by atoms with E-state index >= 15 is 0 Å². The average Bonchev–Trinajstić information content (AvgIpc) is 2.99. The number of ether oxygens (including phenoxy) is 5. The second kappa shape index (κ2) is 15.8. The molecule has 3 aliphatic rings. The molecule has 2 amide bonds. The Morgan fingerprint density at radius 3 is 2.04 bits per heavy atom. The van der Waals surface area contributed by atoms with Crippen LogP contribution < -0.4 is 10.6 Å². The molecule has 0 radical (unpaired) electrons. The molecule has 0 spiro atoms. The molecular weight excluding hydrogens is 628 g/mol. The van der Waals surface area contributed by atoms with E-state index in [-0.39, 0.29) is 0 Å². The van der Waals surface area contributed by atoms with E-state index in [4.69, 9.17) is 23.7 Å². The van der Waals surface area contributed by atoms with Crippen LogP contribution in [-0.2, 0) is 38.1 Å². The highest BCUT2D eigenvalue weighted by Crippen LogP contribution is 2.35. The molecule has 12 N–H and O–H groups in total. The van der Waals surface area contributed by atoms with Crippen LogP contribution in [0.1, 0.15) is 27.2 Å². The zero-order valence-electron chi connectivity index (χ0n) is 25.2. The number of nitrogens with one attached hydrogen (secondary N) is 2. The number of carbonyl (C=O) groups is 3. The van der Waals surface area contributed by atoms with Crippen molar-refractivity contribution in [3.63, 3.8) is 0 Å². The third-order valence-corrected chi connectivity index (χ3v) is 8.14. The van der Waals surface area contributed by atoms with E-state index in [2.05, 4.69) is 10.6 Å². The summed E-state index contributed by atoms with van der Waals surface area (Å²) in [6.45, 7) is 1.12. The molecule has 0 aliphatic carbocycles. The SMILES string of the molecule is CC(=O)N[C@@H]1[C@@H](O[C@@H]2O[C@H](CO)[C@H](O)[C@H](O)[C@H]2O)[C@@H](O)[C@@H](CO[C@]2(C(=O)O)C[C@H](O)[C@@H](NC(C)=O)[C@H]([C@H](O)[C@H](O)CO)O2)O[C@@H]1C. The van der Waals surface area contributed by atoms with Crippen LogP contribution in [0.15, 0.2) is 0 Å². The van der Waals surface area contributed by atoms with Crippen LogP contribution in [0, 0.1) is 0 Å². The normalized spacial score (nSPS) is 42.9. The van der Waals surface area contributed by atoms with E-state index in [0.29, 0.717) is 0 Å². The Bertz CT molecular complexity index is 1050. The van der Waals surface area contributed by atoms with Crippen molar-refractivity contribution in [1.82, 2.24) is 10.6 Å². The second-order valence-electron chi connectivity index (χ2n) is 11.6. The standard InChI is InChI=1S/C26H44N2O18/c1-8-15(27-9(2)31)22(45-24-21(39)20(38)18(36)13(6-30)44-24)19(37)14(43-8)7-42-26(25(40)41)4-11(33)16(28-10(3)32)23(46-26)17(35)12(34)5-29/h8,11-24,29-30,33-39H,4-7H2,1-3H3,(H,27,31)(H,28,32)(H,40,41)/t8-,11+,12-,13-,14-,15+,16-,17-,18+,19+,20+,21-,22-,23-,24+,26-/m1/s1. The van der Waals surface area contributed by atoms with Gasteiger partial charge in [-0.25, -0.2) is 4.79 Å². The second-order valence-corrected chi connectivity index (χ2v) is 11.6. The molecule has 3 rings (SSSR count). The first-order valence-electron chi connectivity index (χ1n) is 14.5. The summed E-state index contributed by atoms with van der Waals surface area (Å²) in [5, 5.41) is 107. The van der Waals surface area contributed by atoms with Crippen molar-refractivity contribution in [2.45, 2.75) is 125 Å². The number of aliphatic hydroxyl groups excluding tert-OH is 9. The van der Waals surface area contributed by atoms with Crippen LogP contribution in [0.4, 0.5) is 0 Å². The third-order valence-electron chi connectivity index (χ3n) is 8.14. The Hall–Kier alpha value is -2.15. The van der Waals surface area contributed by atoms with Gasteiger partial charge in [0.1, 0.15) is 61.0 Å². The first kappa shape index (κ1) is 38.3. The van der Waals surface area contributed by atoms with Crippen molar-refractivity contribution in [3.8, 4) is 0 Å². The van der Waals surface area contributed by atoms with Gasteiger partial charge in [-0.05, 0) is 6.92 Å². The number of rotatable bonds is 12. The summed E-state index contributed by atoms with van der Waals surface area (Å²) in [5.74, 6) is -5.85. The van der Waals surface area contributed by atoms with E-state index in [1.807, 2.05) is 0 Å². The van der Waals surface area contributed by atoms with Gasteiger partial charge in [0.25, 0.3) is 5.79 Å². The number of hydrogen-bond acceptors (Lipinski definition) is 17. The summed E-state index contributed by atoms with van der Waals surface area (Å²) < 4.78 is 28.1. The molecule has 0 aromatic rings. The fourth-order valence-corrected chi connectivity index (χ4v) is 5.70. The molecule has 16 atom stereocenters. The van der Waals surface area contributed by atoms with Crippen molar-refractivity contribution in [3.05, 3.63) is 0 Å². The molecule has 46 heavy (non-hydrogen) atoms. The first-order valence-corrected chi connectivity index (χ1v) is 14.5. The summed E-state index contributed by atoms with van der Waals surface area (Å²) in [6.07, 6.45) is -22.6. The smallest absolute Gasteiger partial charge is 0.364 e. The summed E-state index contributed by atoms with van der Waals surface area (Å²) >= 11 is 0. The van der Waals surface area contributed by atoms with E-state index in [9.17, 15) is 65.4 Å². The minimum atomic E-state index is -2.76. The van der Waals surface area contributed by atoms with Crippen LogP contribution >= 0.6 is 0 Å². The van der Waals surface area contributed by atoms with Crippen LogP contribution in [0.2, 0.25) is 0 Å². The van der Waals surface area contributed by atoms with Gasteiger partial charge in [-0.2, -0.15) is 0 Å². The summed E-state index contributed by atoms with van der Waals surface area (Å²) in [7, 11) is 0. The number of carboxylic acid groups (broad SMARTS) is 1. The molecule has 0 bridgehead atoms. The van der Waals surface area contributed by atoms with Gasteiger partial charge in [0, 0.05) is 20.3 Å². The molecular formula is C26H44N2O18. The molecule has 0 unspecified atom stereocenters. The van der Waals surface area contributed by atoms with Gasteiger partial charge in [-0.15, -0.1) is 0 Å². The van der Waals surface area contributed by atoms with Crippen LogP contribution in [0.5, 0.6) is 0 Å². The molecule has 266 valence electrons. The quantitative estimate of drug-likeness (QED) is 0.0916. The maximum Gasteiger partial charge on any atom is 0.364 e. The van der Waals surface area contributed by atoms with Gasteiger partial charge in [-0.1, -0.05) is 0 Å². The van der Waals surface area contributed by atoms with Gasteiger partial charge in [-0.3, -0.25) is 9.59 Å². The Balaban J connectivity index is 1.87. The molecule has 20 nitrogen and oxygen atoms in total. The Labute approximate surface area is 262 Å². The van der Waals surface area contributed by atoms with Gasteiger partial charge in [0.15, 0.2) is 6.29 Å². The van der Waals surface area contributed by atoms with Gasteiger partial charge in [0.05, 0.1) is 44.1 Å². The third kappa shape index (κ3) is 8.28. The average molecular weight is 673 g/mol. The zero-order chi connectivity index (χ0) is 34.7. The van der Waals surface area contributed by atoms with E-state index in [1.165, 1.54) is 6.92 Å². The topological polar surface area (TPSA) is 324 Å². The minimum absolute atomic E-state index is 0.581. The van der Waals surface area contributed by atoms with Gasteiger partial charge >= 0.3 is 5.97 Å². The summed E-state index contributed by atoms with van der Waals surface area (Å²) in [4.78, 5) is 36.2. The van der Waals surface area contributed by atoms with E-state index in [1.54, 1.807) is 0 Å². The fourth-order valence-electron chi connectivity index (χ4n) is 5.70. The molecule has 3 saturated heterocycles. The predicted octanol–water partition coefficient (Wildman–Crippen LogP) is -7.01. The Kier molecular flexibility index (Phi) is 13.2. The molecule has 0 aromatic heterocycles. The lowest BCUT2D eigenvalue weighted by molar-refractivity contribution is -0.340. The highest BCUT2D eigenvalue weighted by molar-refractivity contribution is 5.76. The van der Waals surface area contributed by atoms with Crippen LogP contribution in [0.25, 0.3) is 0 Å². The number of carbonyl (C=O) groups excluding carboxylic acids is 2. The number of carboxylic acids is 1. The molecule has 0 aromatic carbocycles. The Morgan fingerprint density at radius 2 is 1.50 bits per heavy atom. The largest absolute Gasteiger partial charge is 0.477 e.